The van der Waals surface area contributed by atoms with Crippen molar-refractivity contribution in [1.29, 1.82) is 0 Å². The largest absolute Gasteiger partial charge is 0.450 e. The summed E-state index contributed by atoms with van der Waals surface area (Å²) < 4.78 is 4.98. The molecule has 3 amide bonds. The lowest BCUT2D eigenvalue weighted by Crippen LogP contribution is -2.50. The Bertz CT molecular complexity index is 866. The second-order valence-corrected chi connectivity index (χ2v) is 6.41. The molecule has 1 aliphatic rings. The van der Waals surface area contributed by atoms with Crippen molar-refractivity contribution in [3.8, 4) is 0 Å². The van der Waals surface area contributed by atoms with Gasteiger partial charge in [0.2, 0.25) is 0 Å². The maximum atomic E-state index is 12.7. The minimum absolute atomic E-state index is 0.195. The molecule has 3 heterocycles. The number of hydrogen-bond acceptors (Lipinski definition) is 6. The van der Waals surface area contributed by atoms with Crippen LogP contribution in [0.25, 0.3) is 0 Å². The number of nitrogens with zero attached hydrogens (tertiary/aromatic N) is 4. The number of amides is 3. The highest BCUT2D eigenvalue weighted by Gasteiger charge is 2.26. The molecule has 1 N–H and O–H groups in total. The van der Waals surface area contributed by atoms with Crippen molar-refractivity contribution in [2.24, 2.45) is 0 Å². The van der Waals surface area contributed by atoms with Crippen molar-refractivity contribution in [2.45, 2.75) is 13.5 Å². The molecule has 9 nitrogen and oxygen atoms in total. The lowest BCUT2D eigenvalue weighted by Gasteiger charge is -2.33. The fraction of sp³-hybridized carbons (Fsp3) is 0.350. The molecule has 9 heteroatoms. The number of aromatic nitrogens is 2. The number of rotatable bonds is 5. The van der Waals surface area contributed by atoms with Crippen molar-refractivity contribution < 1.29 is 19.1 Å². The first kappa shape index (κ1) is 20.2. The molecule has 1 saturated heterocycles. The average Bonchev–Trinajstić information content (AvgIpc) is 2.78. The van der Waals surface area contributed by atoms with E-state index in [1.807, 2.05) is 12.1 Å². The molecule has 152 valence electrons. The van der Waals surface area contributed by atoms with Crippen LogP contribution in [0.2, 0.25) is 0 Å². The standard InChI is InChI=1S/C20H23N5O4/c1-2-29-20(28)25-11-9-24(10-12-25)19(27)17-13-15(6-8-22-17)18(26)23-14-16-5-3-4-7-21-16/h3-8,13H,2,9-12,14H2,1H3,(H,23,26). The predicted molar refractivity (Wildman–Crippen MR) is 104 cm³/mol. The Morgan fingerprint density at radius 3 is 2.48 bits per heavy atom. The monoisotopic (exact) mass is 397 g/mol. The third-order valence-corrected chi connectivity index (χ3v) is 4.49. The summed E-state index contributed by atoms with van der Waals surface area (Å²) in [7, 11) is 0. The highest BCUT2D eigenvalue weighted by molar-refractivity contribution is 5.98. The lowest BCUT2D eigenvalue weighted by atomic mass is 10.2. The van der Waals surface area contributed by atoms with Gasteiger partial charge >= 0.3 is 6.09 Å². The maximum absolute atomic E-state index is 12.7. The fourth-order valence-electron chi connectivity index (χ4n) is 2.93. The van der Waals surface area contributed by atoms with E-state index in [-0.39, 0.29) is 23.6 Å². The first-order valence-electron chi connectivity index (χ1n) is 9.43. The number of carbonyl (C=O) groups is 3. The van der Waals surface area contributed by atoms with Crippen LogP contribution < -0.4 is 5.32 Å². The molecule has 0 bridgehead atoms. The Hall–Kier alpha value is -3.49. The number of hydrogen-bond donors (Lipinski definition) is 1. The fourth-order valence-corrected chi connectivity index (χ4v) is 2.93. The van der Waals surface area contributed by atoms with Crippen LogP contribution in [0.4, 0.5) is 4.79 Å². The van der Waals surface area contributed by atoms with Crippen LogP contribution in [0, 0.1) is 0 Å². The van der Waals surface area contributed by atoms with Gasteiger partial charge in [0.15, 0.2) is 0 Å². The van der Waals surface area contributed by atoms with Gasteiger partial charge in [-0.3, -0.25) is 19.6 Å². The van der Waals surface area contributed by atoms with Gasteiger partial charge in [-0.1, -0.05) is 6.07 Å². The highest BCUT2D eigenvalue weighted by Crippen LogP contribution is 2.10. The van der Waals surface area contributed by atoms with Gasteiger partial charge in [0.25, 0.3) is 11.8 Å². The smallest absolute Gasteiger partial charge is 0.409 e. The van der Waals surface area contributed by atoms with Crippen LogP contribution in [0.3, 0.4) is 0 Å². The zero-order chi connectivity index (χ0) is 20.6. The Balaban J connectivity index is 1.58. The minimum atomic E-state index is -0.371. The van der Waals surface area contributed by atoms with E-state index in [1.165, 1.54) is 12.3 Å². The Morgan fingerprint density at radius 2 is 1.79 bits per heavy atom. The van der Waals surface area contributed by atoms with Crippen LogP contribution in [-0.2, 0) is 11.3 Å². The molecule has 0 aromatic carbocycles. The molecule has 2 aromatic heterocycles. The van der Waals surface area contributed by atoms with E-state index in [0.29, 0.717) is 44.9 Å². The molecule has 0 unspecified atom stereocenters. The van der Waals surface area contributed by atoms with E-state index in [2.05, 4.69) is 15.3 Å². The van der Waals surface area contributed by atoms with Crippen molar-refractivity contribution >= 4 is 17.9 Å². The lowest BCUT2D eigenvalue weighted by molar-refractivity contribution is 0.0566. The van der Waals surface area contributed by atoms with E-state index >= 15 is 0 Å². The number of ether oxygens (including phenoxy) is 1. The Labute approximate surface area is 168 Å². The summed E-state index contributed by atoms with van der Waals surface area (Å²) in [6.07, 6.45) is 2.73. The molecular weight excluding hydrogens is 374 g/mol. The molecule has 3 rings (SSSR count). The summed E-state index contributed by atoms with van der Waals surface area (Å²) in [5.41, 5.74) is 1.29. The number of nitrogens with one attached hydrogen (secondary N) is 1. The molecule has 0 aliphatic carbocycles. The third-order valence-electron chi connectivity index (χ3n) is 4.49. The molecular formula is C20H23N5O4. The molecule has 2 aromatic rings. The van der Waals surface area contributed by atoms with Gasteiger partial charge in [-0.05, 0) is 31.2 Å². The summed E-state index contributed by atoms with van der Waals surface area (Å²) in [5, 5.41) is 2.78. The van der Waals surface area contributed by atoms with Crippen molar-refractivity contribution in [3.05, 3.63) is 59.7 Å². The second kappa shape index (κ2) is 9.63. The minimum Gasteiger partial charge on any atom is -0.450 e. The van der Waals surface area contributed by atoms with Crippen molar-refractivity contribution in [1.82, 2.24) is 25.1 Å². The summed E-state index contributed by atoms with van der Waals surface area (Å²) >= 11 is 0. The first-order chi connectivity index (χ1) is 14.1. The van der Waals surface area contributed by atoms with Gasteiger partial charge in [0.05, 0.1) is 18.8 Å². The Morgan fingerprint density at radius 1 is 1.03 bits per heavy atom. The van der Waals surface area contributed by atoms with E-state index in [1.54, 1.807) is 35.1 Å². The molecule has 0 saturated carbocycles. The van der Waals surface area contributed by atoms with E-state index < -0.39 is 0 Å². The molecule has 0 radical (unpaired) electrons. The van der Waals surface area contributed by atoms with E-state index in [4.69, 9.17) is 4.74 Å². The van der Waals surface area contributed by atoms with Crippen molar-refractivity contribution in [3.63, 3.8) is 0 Å². The summed E-state index contributed by atoms with van der Waals surface area (Å²) in [6.45, 7) is 3.93. The summed E-state index contributed by atoms with van der Waals surface area (Å²) in [4.78, 5) is 48.4. The van der Waals surface area contributed by atoms with Crippen LogP contribution in [0.5, 0.6) is 0 Å². The SMILES string of the molecule is CCOC(=O)N1CCN(C(=O)c2cc(C(=O)NCc3ccccn3)ccn2)CC1. The van der Waals surface area contributed by atoms with Crippen LogP contribution in [0.15, 0.2) is 42.7 Å². The molecule has 1 fully saturated rings. The zero-order valence-corrected chi connectivity index (χ0v) is 16.2. The molecule has 29 heavy (non-hydrogen) atoms. The van der Waals surface area contributed by atoms with Crippen LogP contribution >= 0.6 is 0 Å². The van der Waals surface area contributed by atoms with Crippen molar-refractivity contribution in [2.75, 3.05) is 32.8 Å². The van der Waals surface area contributed by atoms with E-state index in [9.17, 15) is 14.4 Å². The number of carbonyl (C=O) groups excluding carboxylic acids is 3. The van der Waals surface area contributed by atoms with E-state index in [0.717, 1.165) is 5.69 Å². The third kappa shape index (κ3) is 5.28. The zero-order valence-electron chi connectivity index (χ0n) is 16.2. The Kier molecular flexibility index (Phi) is 6.72. The van der Waals surface area contributed by atoms with Gasteiger partial charge in [0, 0.05) is 44.1 Å². The number of piperazine rings is 1. The number of pyridine rings is 2. The topological polar surface area (TPSA) is 105 Å². The molecule has 0 atom stereocenters. The van der Waals surface area contributed by atoms with Gasteiger partial charge < -0.3 is 19.9 Å². The van der Waals surface area contributed by atoms with Crippen LogP contribution in [-0.4, -0.2) is 70.5 Å². The summed E-state index contributed by atoms with van der Waals surface area (Å²) in [5.74, 6) is -0.577. The highest BCUT2D eigenvalue weighted by atomic mass is 16.6. The average molecular weight is 397 g/mol. The van der Waals surface area contributed by atoms with Gasteiger partial charge in [-0.25, -0.2) is 4.79 Å². The van der Waals surface area contributed by atoms with Gasteiger partial charge in [-0.15, -0.1) is 0 Å². The first-order valence-corrected chi connectivity index (χ1v) is 9.43. The summed E-state index contributed by atoms with van der Waals surface area (Å²) in [6, 6.07) is 8.51. The van der Waals surface area contributed by atoms with Crippen LogP contribution in [0.1, 0.15) is 33.5 Å². The van der Waals surface area contributed by atoms with Gasteiger partial charge in [0.1, 0.15) is 5.69 Å². The second-order valence-electron chi connectivity index (χ2n) is 6.41. The van der Waals surface area contributed by atoms with Gasteiger partial charge in [-0.2, -0.15) is 0 Å². The predicted octanol–water partition coefficient (Wildman–Crippen LogP) is 1.32. The molecule has 0 spiro atoms. The quantitative estimate of drug-likeness (QED) is 0.816. The maximum Gasteiger partial charge on any atom is 0.409 e. The normalized spacial score (nSPS) is 13.7. The molecule has 1 aliphatic heterocycles.